The number of para-hydroxylation sites is 2. The van der Waals surface area contributed by atoms with Crippen LogP contribution in [0.2, 0.25) is 0 Å². The van der Waals surface area contributed by atoms with Crippen LogP contribution in [-0.4, -0.2) is 30.3 Å². The molecule has 5 nitrogen and oxygen atoms in total. The van der Waals surface area contributed by atoms with Crippen LogP contribution in [-0.2, 0) is 6.42 Å². The maximum Gasteiger partial charge on any atom is 0.259 e. The molecular formula is C30H33BrN2O3. The zero-order chi connectivity index (χ0) is 25.2. The van der Waals surface area contributed by atoms with Crippen molar-refractivity contribution in [2.24, 2.45) is 0 Å². The number of amides is 2. The molecule has 1 heterocycles. The van der Waals surface area contributed by atoms with E-state index in [1.165, 1.54) is 12.0 Å². The topological polar surface area (TPSA) is 58.6 Å². The summed E-state index contributed by atoms with van der Waals surface area (Å²) in [5.74, 6) is 0.338. The molecule has 0 radical (unpaired) electrons. The quantitative estimate of drug-likeness (QED) is 0.214. The van der Waals surface area contributed by atoms with Crippen LogP contribution in [0.4, 0.5) is 11.4 Å². The highest BCUT2D eigenvalue weighted by molar-refractivity contribution is 9.09. The second kappa shape index (κ2) is 13.3. The number of alkyl halides is 1. The first-order valence-electron chi connectivity index (χ1n) is 12.8. The third-order valence-electron chi connectivity index (χ3n) is 6.41. The van der Waals surface area contributed by atoms with Crippen molar-refractivity contribution in [1.82, 2.24) is 0 Å². The van der Waals surface area contributed by atoms with Crippen LogP contribution in [0, 0.1) is 0 Å². The molecule has 1 aliphatic heterocycles. The standard InChI is InChI=1S/C30H33BrN2O3/c31-20-8-1-2-10-22-36-28-15-6-4-13-26(28)29(34)32-25-18-16-24(17-19-25)30(35)33-21-9-7-12-23-11-3-5-14-27(23)33/h3-6,11,13-19H,1-2,7-10,12,20-22H2,(H,32,34). The SMILES string of the molecule is O=C(Nc1ccc(C(=O)N2CCCCc3ccccc32)cc1)c1ccccc1OCCCCCCBr. The minimum absolute atomic E-state index is 0.0166. The number of carbonyl (C=O) groups is 2. The number of hydrogen-bond acceptors (Lipinski definition) is 3. The molecule has 0 bridgehead atoms. The largest absolute Gasteiger partial charge is 0.493 e. The average Bonchev–Trinajstić information content (AvgIpc) is 3.13. The minimum Gasteiger partial charge on any atom is -0.493 e. The Morgan fingerprint density at radius 3 is 2.44 bits per heavy atom. The molecule has 188 valence electrons. The van der Waals surface area contributed by atoms with Gasteiger partial charge >= 0.3 is 0 Å². The maximum atomic E-state index is 13.3. The lowest BCUT2D eigenvalue weighted by Gasteiger charge is -2.23. The molecule has 0 aliphatic carbocycles. The first kappa shape index (κ1) is 26.0. The fraction of sp³-hybridized carbons (Fsp3) is 0.333. The van der Waals surface area contributed by atoms with E-state index in [0.29, 0.717) is 35.7 Å². The number of halogens is 1. The predicted octanol–water partition coefficient (Wildman–Crippen LogP) is 7.26. The summed E-state index contributed by atoms with van der Waals surface area (Å²) in [6.45, 7) is 1.30. The van der Waals surface area contributed by atoms with Gasteiger partial charge in [0.1, 0.15) is 5.75 Å². The van der Waals surface area contributed by atoms with Gasteiger partial charge in [-0.3, -0.25) is 9.59 Å². The lowest BCUT2D eigenvalue weighted by atomic mass is 10.1. The molecule has 1 N–H and O–H groups in total. The number of fused-ring (bicyclic) bond motifs is 1. The molecule has 0 saturated heterocycles. The molecule has 0 saturated carbocycles. The van der Waals surface area contributed by atoms with Gasteiger partial charge in [-0.05, 0) is 80.1 Å². The van der Waals surface area contributed by atoms with Gasteiger partial charge in [-0.15, -0.1) is 0 Å². The Hall–Kier alpha value is -3.12. The van der Waals surface area contributed by atoms with E-state index in [-0.39, 0.29) is 11.8 Å². The van der Waals surface area contributed by atoms with Crippen LogP contribution in [0.1, 0.15) is 64.8 Å². The summed E-state index contributed by atoms with van der Waals surface area (Å²) < 4.78 is 5.91. The molecule has 0 unspecified atom stereocenters. The maximum absolute atomic E-state index is 13.3. The Morgan fingerprint density at radius 1 is 0.861 bits per heavy atom. The van der Waals surface area contributed by atoms with Crippen molar-refractivity contribution in [1.29, 1.82) is 0 Å². The van der Waals surface area contributed by atoms with Crippen LogP contribution in [0.5, 0.6) is 5.75 Å². The Kier molecular flexibility index (Phi) is 9.56. The van der Waals surface area contributed by atoms with Gasteiger partial charge in [-0.25, -0.2) is 0 Å². The lowest BCUT2D eigenvalue weighted by molar-refractivity contribution is 0.0985. The summed E-state index contributed by atoms with van der Waals surface area (Å²) in [5, 5.41) is 3.97. The number of nitrogens with zero attached hydrogens (tertiary/aromatic N) is 1. The molecule has 3 aromatic rings. The first-order chi connectivity index (χ1) is 17.7. The van der Waals surface area contributed by atoms with E-state index in [9.17, 15) is 9.59 Å². The number of ether oxygens (including phenoxy) is 1. The van der Waals surface area contributed by atoms with E-state index >= 15 is 0 Å². The fourth-order valence-electron chi connectivity index (χ4n) is 4.47. The zero-order valence-corrected chi connectivity index (χ0v) is 22.1. The van der Waals surface area contributed by atoms with Crippen molar-refractivity contribution in [3.63, 3.8) is 0 Å². The highest BCUT2D eigenvalue weighted by Gasteiger charge is 2.22. The highest BCUT2D eigenvalue weighted by atomic mass is 79.9. The van der Waals surface area contributed by atoms with Crippen molar-refractivity contribution in [2.45, 2.75) is 44.9 Å². The smallest absolute Gasteiger partial charge is 0.259 e. The zero-order valence-electron chi connectivity index (χ0n) is 20.5. The fourth-order valence-corrected chi connectivity index (χ4v) is 4.86. The van der Waals surface area contributed by atoms with Gasteiger partial charge in [0.2, 0.25) is 0 Å². The number of anilines is 2. The van der Waals surface area contributed by atoms with Gasteiger partial charge in [0.15, 0.2) is 0 Å². The number of benzene rings is 3. The first-order valence-corrected chi connectivity index (χ1v) is 13.9. The molecule has 3 aromatic carbocycles. The molecular weight excluding hydrogens is 516 g/mol. The summed E-state index contributed by atoms with van der Waals surface area (Å²) in [6.07, 6.45) is 7.44. The Morgan fingerprint density at radius 2 is 1.61 bits per heavy atom. The van der Waals surface area contributed by atoms with Gasteiger partial charge in [0, 0.05) is 28.8 Å². The van der Waals surface area contributed by atoms with Gasteiger partial charge in [-0.1, -0.05) is 59.1 Å². The Labute approximate surface area is 222 Å². The molecule has 36 heavy (non-hydrogen) atoms. The van der Waals surface area contributed by atoms with E-state index in [0.717, 1.165) is 49.5 Å². The highest BCUT2D eigenvalue weighted by Crippen LogP contribution is 2.28. The van der Waals surface area contributed by atoms with Crippen LogP contribution in [0.25, 0.3) is 0 Å². The Balaban J connectivity index is 1.38. The Bertz CT molecular complexity index is 1160. The van der Waals surface area contributed by atoms with Crippen molar-refractivity contribution in [2.75, 3.05) is 28.7 Å². The third-order valence-corrected chi connectivity index (χ3v) is 6.97. The molecule has 6 heteroatoms. The second-order valence-electron chi connectivity index (χ2n) is 9.02. The number of unbranched alkanes of at least 4 members (excludes halogenated alkanes) is 3. The third kappa shape index (κ3) is 6.76. The molecule has 4 rings (SSSR count). The summed E-state index contributed by atoms with van der Waals surface area (Å²) >= 11 is 3.45. The molecule has 0 aromatic heterocycles. The number of rotatable bonds is 10. The predicted molar refractivity (Wildman–Crippen MR) is 150 cm³/mol. The normalized spacial score (nSPS) is 13.0. The van der Waals surface area contributed by atoms with Gasteiger partial charge in [0.25, 0.3) is 11.8 Å². The summed E-state index contributed by atoms with van der Waals surface area (Å²) in [5.41, 5.74) is 3.95. The van der Waals surface area contributed by atoms with Crippen LogP contribution in [0.3, 0.4) is 0 Å². The van der Waals surface area contributed by atoms with Crippen molar-refractivity contribution >= 4 is 39.1 Å². The molecule has 2 amide bonds. The van der Waals surface area contributed by atoms with E-state index in [1.54, 1.807) is 30.3 Å². The lowest BCUT2D eigenvalue weighted by Crippen LogP contribution is -2.31. The molecule has 0 spiro atoms. The average molecular weight is 550 g/mol. The molecule has 1 aliphatic rings. The van der Waals surface area contributed by atoms with Crippen LogP contribution < -0.4 is 15.0 Å². The number of carbonyl (C=O) groups excluding carboxylic acids is 2. The van der Waals surface area contributed by atoms with Crippen molar-refractivity contribution < 1.29 is 14.3 Å². The summed E-state index contributed by atoms with van der Waals surface area (Å²) in [6, 6.07) is 22.6. The van der Waals surface area contributed by atoms with Gasteiger partial charge in [-0.2, -0.15) is 0 Å². The number of hydrogen-bond donors (Lipinski definition) is 1. The second-order valence-corrected chi connectivity index (χ2v) is 9.81. The monoisotopic (exact) mass is 548 g/mol. The molecule has 0 atom stereocenters. The summed E-state index contributed by atoms with van der Waals surface area (Å²) in [7, 11) is 0. The van der Waals surface area contributed by atoms with Crippen molar-refractivity contribution in [3.8, 4) is 5.75 Å². The number of nitrogens with one attached hydrogen (secondary N) is 1. The summed E-state index contributed by atoms with van der Waals surface area (Å²) in [4.78, 5) is 28.2. The van der Waals surface area contributed by atoms with Crippen molar-refractivity contribution in [3.05, 3.63) is 89.5 Å². The van der Waals surface area contributed by atoms with E-state index < -0.39 is 0 Å². The van der Waals surface area contributed by atoms with E-state index in [2.05, 4.69) is 27.3 Å². The van der Waals surface area contributed by atoms with Gasteiger partial charge < -0.3 is 15.0 Å². The van der Waals surface area contributed by atoms with E-state index in [1.807, 2.05) is 41.3 Å². The molecule has 0 fully saturated rings. The number of aryl methyl sites for hydroxylation is 1. The van der Waals surface area contributed by atoms with Crippen LogP contribution >= 0.6 is 15.9 Å². The minimum atomic E-state index is -0.231. The van der Waals surface area contributed by atoms with Crippen LogP contribution in [0.15, 0.2) is 72.8 Å². The van der Waals surface area contributed by atoms with Gasteiger partial charge in [0.05, 0.1) is 12.2 Å². The van der Waals surface area contributed by atoms with E-state index in [4.69, 9.17) is 4.74 Å².